The van der Waals surface area contributed by atoms with Crippen molar-refractivity contribution in [3.05, 3.63) is 34.5 Å². The average Bonchev–Trinajstić information content (AvgIpc) is 2.39. The van der Waals surface area contributed by atoms with Gasteiger partial charge in [-0.3, -0.25) is 9.78 Å². The second-order valence-corrected chi connectivity index (χ2v) is 4.96. The van der Waals surface area contributed by atoms with Gasteiger partial charge in [0.05, 0.1) is 11.1 Å². The molecule has 1 atom stereocenters. The molecule has 0 saturated carbocycles. The number of hydrogen-bond acceptors (Lipinski definition) is 4. The number of aromatic nitrogens is 3. The third-order valence-corrected chi connectivity index (χ3v) is 3.63. The van der Waals surface area contributed by atoms with Gasteiger partial charge in [-0.25, -0.2) is 5.10 Å². The predicted octanol–water partition coefficient (Wildman–Crippen LogP) is 1.13. The summed E-state index contributed by atoms with van der Waals surface area (Å²) in [5.41, 5.74) is 0.838. The summed E-state index contributed by atoms with van der Waals surface area (Å²) in [4.78, 5) is 18.0. The van der Waals surface area contributed by atoms with Crippen LogP contribution in [0.25, 0.3) is 10.8 Å². The van der Waals surface area contributed by atoms with E-state index in [0.29, 0.717) is 11.3 Å². The molecule has 1 saturated heterocycles. The highest BCUT2D eigenvalue weighted by Gasteiger charge is 2.22. The zero-order chi connectivity index (χ0) is 12.5. The molecule has 5 heteroatoms. The summed E-state index contributed by atoms with van der Waals surface area (Å²) < 4.78 is 0. The van der Waals surface area contributed by atoms with E-state index >= 15 is 0 Å². The van der Waals surface area contributed by atoms with Gasteiger partial charge in [-0.1, -0.05) is 0 Å². The molecule has 0 unspecified atom stereocenters. The minimum Gasteiger partial charge on any atom is -0.306 e. The van der Waals surface area contributed by atoms with Crippen molar-refractivity contribution in [1.29, 1.82) is 0 Å². The van der Waals surface area contributed by atoms with Crippen molar-refractivity contribution in [2.24, 2.45) is 0 Å². The number of likely N-dealkylation sites (N-methyl/N-ethyl adjacent to an activating group) is 1. The minimum atomic E-state index is -0.161. The Labute approximate surface area is 105 Å². The zero-order valence-corrected chi connectivity index (χ0v) is 10.4. The van der Waals surface area contributed by atoms with Gasteiger partial charge in [0, 0.05) is 30.2 Å². The van der Waals surface area contributed by atoms with Crippen molar-refractivity contribution in [2.45, 2.75) is 18.8 Å². The number of nitrogens with zero attached hydrogens (tertiary/aromatic N) is 3. The van der Waals surface area contributed by atoms with Crippen LogP contribution in [0.4, 0.5) is 0 Å². The van der Waals surface area contributed by atoms with Crippen LogP contribution in [0.5, 0.6) is 0 Å². The highest BCUT2D eigenvalue weighted by atomic mass is 16.1. The normalized spacial score (nSPS) is 21.3. The van der Waals surface area contributed by atoms with Crippen molar-refractivity contribution in [1.82, 2.24) is 20.1 Å². The van der Waals surface area contributed by atoms with Gasteiger partial charge in [0.25, 0.3) is 5.56 Å². The maximum atomic E-state index is 11.7. The van der Waals surface area contributed by atoms with Gasteiger partial charge in [0.2, 0.25) is 0 Å². The van der Waals surface area contributed by atoms with E-state index in [1.807, 2.05) is 6.07 Å². The van der Waals surface area contributed by atoms with Gasteiger partial charge < -0.3 is 4.90 Å². The second kappa shape index (κ2) is 4.49. The van der Waals surface area contributed by atoms with E-state index in [2.05, 4.69) is 27.1 Å². The van der Waals surface area contributed by atoms with Crippen LogP contribution < -0.4 is 5.56 Å². The Morgan fingerprint density at radius 2 is 2.33 bits per heavy atom. The molecule has 0 radical (unpaired) electrons. The number of hydrogen-bond donors (Lipinski definition) is 1. The van der Waals surface area contributed by atoms with Crippen LogP contribution in [-0.2, 0) is 0 Å². The third-order valence-electron chi connectivity index (χ3n) is 3.63. The highest BCUT2D eigenvalue weighted by Crippen LogP contribution is 2.28. The average molecular weight is 244 g/mol. The molecule has 1 aliphatic heterocycles. The van der Waals surface area contributed by atoms with Crippen LogP contribution in [0.1, 0.15) is 24.5 Å². The Hall–Kier alpha value is -1.75. The Balaban J connectivity index is 2.12. The molecular weight excluding hydrogens is 228 g/mol. The molecule has 3 heterocycles. The number of nitrogens with one attached hydrogen (secondary N) is 1. The Kier molecular flexibility index (Phi) is 2.83. The maximum Gasteiger partial charge on any atom is 0.273 e. The molecule has 0 amide bonds. The molecule has 18 heavy (non-hydrogen) atoms. The largest absolute Gasteiger partial charge is 0.306 e. The van der Waals surface area contributed by atoms with Crippen LogP contribution >= 0.6 is 0 Å². The Bertz CT molecular complexity index is 622. The monoisotopic (exact) mass is 244 g/mol. The molecule has 0 spiro atoms. The number of likely N-dealkylation sites (tertiary alicyclic amines) is 1. The first-order valence-electron chi connectivity index (χ1n) is 6.26. The number of pyridine rings is 1. The number of fused-ring (bicyclic) bond motifs is 1. The summed E-state index contributed by atoms with van der Waals surface area (Å²) in [6.07, 6.45) is 5.64. The summed E-state index contributed by atoms with van der Waals surface area (Å²) in [7, 11) is 2.13. The topological polar surface area (TPSA) is 61.9 Å². The van der Waals surface area contributed by atoms with E-state index in [-0.39, 0.29) is 5.56 Å². The SMILES string of the molecule is CN1CCC[C@@H](c2n[nH]c(=O)c3cnccc23)C1. The molecule has 3 rings (SSSR count). The zero-order valence-electron chi connectivity index (χ0n) is 10.4. The molecule has 94 valence electrons. The van der Waals surface area contributed by atoms with Crippen molar-refractivity contribution in [2.75, 3.05) is 20.1 Å². The van der Waals surface area contributed by atoms with E-state index in [0.717, 1.165) is 30.6 Å². The molecule has 0 bridgehead atoms. The van der Waals surface area contributed by atoms with Crippen molar-refractivity contribution < 1.29 is 0 Å². The third kappa shape index (κ3) is 1.90. The van der Waals surface area contributed by atoms with E-state index in [1.165, 1.54) is 6.42 Å². The van der Waals surface area contributed by atoms with Crippen LogP contribution in [0, 0.1) is 0 Å². The second-order valence-electron chi connectivity index (χ2n) is 4.96. The number of aromatic amines is 1. The molecule has 1 aliphatic rings. The first-order valence-corrected chi connectivity index (χ1v) is 6.26. The quantitative estimate of drug-likeness (QED) is 0.816. The number of H-pyrrole nitrogens is 1. The molecule has 1 N–H and O–H groups in total. The van der Waals surface area contributed by atoms with Crippen molar-refractivity contribution >= 4 is 10.8 Å². The molecule has 0 aromatic carbocycles. The summed E-state index contributed by atoms with van der Waals surface area (Å²) in [6.45, 7) is 2.13. The van der Waals surface area contributed by atoms with Crippen LogP contribution in [-0.4, -0.2) is 40.2 Å². The number of piperidine rings is 1. The fourth-order valence-corrected chi connectivity index (χ4v) is 2.73. The molecule has 0 aliphatic carbocycles. The van der Waals surface area contributed by atoms with E-state index < -0.39 is 0 Å². The molecule has 2 aromatic rings. The van der Waals surface area contributed by atoms with Gasteiger partial charge in [-0.05, 0) is 32.5 Å². The van der Waals surface area contributed by atoms with Crippen LogP contribution in [0.2, 0.25) is 0 Å². The summed E-state index contributed by atoms with van der Waals surface area (Å²) in [5.74, 6) is 0.394. The Morgan fingerprint density at radius 1 is 1.44 bits per heavy atom. The van der Waals surface area contributed by atoms with E-state index in [1.54, 1.807) is 12.4 Å². The van der Waals surface area contributed by atoms with Crippen LogP contribution in [0.3, 0.4) is 0 Å². The van der Waals surface area contributed by atoms with Gasteiger partial charge in [0.15, 0.2) is 0 Å². The van der Waals surface area contributed by atoms with Crippen molar-refractivity contribution in [3.63, 3.8) is 0 Å². The van der Waals surface area contributed by atoms with Gasteiger partial charge in [-0.15, -0.1) is 0 Å². The minimum absolute atomic E-state index is 0.161. The summed E-state index contributed by atoms with van der Waals surface area (Å²) in [6, 6.07) is 1.89. The fourth-order valence-electron chi connectivity index (χ4n) is 2.73. The first kappa shape index (κ1) is 11.3. The summed E-state index contributed by atoms with van der Waals surface area (Å²) >= 11 is 0. The first-order chi connectivity index (χ1) is 8.75. The van der Waals surface area contributed by atoms with E-state index in [4.69, 9.17) is 0 Å². The standard InChI is InChI=1S/C13H16N4O/c1-17-6-2-3-9(8-17)12-10-4-5-14-7-11(10)13(18)16-15-12/h4-5,7,9H,2-3,6,8H2,1H3,(H,16,18)/t9-/m1/s1. The van der Waals surface area contributed by atoms with Gasteiger partial charge in [0.1, 0.15) is 0 Å². The van der Waals surface area contributed by atoms with E-state index in [9.17, 15) is 4.79 Å². The molecular formula is C13H16N4O. The van der Waals surface area contributed by atoms with Gasteiger partial charge in [-0.2, -0.15) is 5.10 Å². The lowest BCUT2D eigenvalue weighted by Gasteiger charge is -2.29. The molecule has 1 fully saturated rings. The fraction of sp³-hybridized carbons (Fsp3) is 0.462. The maximum absolute atomic E-state index is 11.7. The number of rotatable bonds is 1. The Morgan fingerprint density at radius 3 is 3.17 bits per heavy atom. The van der Waals surface area contributed by atoms with Gasteiger partial charge >= 0.3 is 0 Å². The molecule has 5 nitrogen and oxygen atoms in total. The van der Waals surface area contributed by atoms with Crippen LogP contribution in [0.15, 0.2) is 23.3 Å². The predicted molar refractivity (Wildman–Crippen MR) is 69.6 cm³/mol. The lowest BCUT2D eigenvalue weighted by molar-refractivity contribution is 0.248. The van der Waals surface area contributed by atoms with Crippen molar-refractivity contribution in [3.8, 4) is 0 Å². The lowest BCUT2D eigenvalue weighted by Crippen LogP contribution is -2.31. The highest BCUT2D eigenvalue weighted by molar-refractivity contribution is 5.82. The summed E-state index contributed by atoms with van der Waals surface area (Å²) in [5, 5.41) is 8.44. The molecule has 2 aromatic heterocycles. The smallest absolute Gasteiger partial charge is 0.273 e. The lowest BCUT2D eigenvalue weighted by atomic mass is 9.92.